The highest BCUT2D eigenvalue weighted by molar-refractivity contribution is 7.25. The molecule has 142 valence electrons. The first kappa shape index (κ1) is 18.6. The fraction of sp³-hybridized carbons (Fsp3) is 0.200. The monoisotopic (exact) mass is 412 g/mol. The number of halogens is 1. The summed E-state index contributed by atoms with van der Waals surface area (Å²) >= 11 is 7.43. The van der Waals surface area contributed by atoms with E-state index in [1.807, 2.05) is 26.0 Å². The fourth-order valence-corrected chi connectivity index (χ4v) is 4.38. The Bertz CT molecular complexity index is 1260. The molecule has 4 aromatic rings. The molecule has 0 spiro atoms. The minimum Gasteiger partial charge on any atom is -0.324 e. The van der Waals surface area contributed by atoms with E-state index in [0.717, 1.165) is 15.8 Å². The van der Waals surface area contributed by atoms with Crippen LogP contribution in [0.3, 0.4) is 0 Å². The van der Waals surface area contributed by atoms with Crippen molar-refractivity contribution in [1.82, 2.24) is 14.5 Å². The van der Waals surface area contributed by atoms with Gasteiger partial charge < -0.3 is 5.32 Å². The van der Waals surface area contributed by atoms with E-state index >= 15 is 0 Å². The van der Waals surface area contributed by atoms with Crippen LogP contribution in [0, 0.1) is 6.92 Å². The van der Waals surface area contributed by atoms with Gasteiger partial charge in [0.1, 0.15) is 15.6 Å². The maximum absolute atomic E-state index is 13.1. The summed E-state index contributed by atoms with van der Waals surface area (Å²) in [7, 11) is 0. The second kappa shape index (κ2) is 7.33. The van der Waals surface area contributed by atoms with E-state index in [1.54, 1.807) is 24.4 Å². The number of hydrogen-bond donors (Lipinski definition) is 1. The second-order valence-corrected chi connectivity index (χ2v) is 7.82. The summed E-state index contributed by atoms with van der Waals surface area (Å²) in [5.74, 6) is -0.282. The molecule has 0 bridgehead atoms. The normalized spacial score (nSPS) is 12.4. The third kappa shape index (κ3) is 3.06. The van der Waals surface area contributed by atoms with Gasteiger partial charge in [0.05, 0.1) is 11.8 Å². The molecule has 8 heteroatoms. The van der Waals surface area contributed by atoms with Gasteiger partial charge in [0.25, 0.3) is 5.56 Å². The van der Waals surface area contributed by atoms with Crippen molar-refractivity contribution < 1.29 is 4.79 Å². The lowest BCUT2D eigenvalue weighted by Crippen LogP contribution is -2.33. The van der Waals surface area contributed by atoms with Crippen molar-refractivity contribution in [3.63, 3.8) is 0 Å². The van der Waals surface area contributed by atoms with Crippen LogP contribution in [-0.2, 0) is 4.79 Å². The number of fused-ring (bicyclic) bond motifs is 3. The van der Waals surface area contributed by atoms with Gasteiger partial charge in [0.15, 0.2) is 0 Å². The van der Waals surface area contributed by atoms with Gasteiger partial charge in [-0.2, -0.15) is 0 Å². The molecule has 0 radical (unpaired) electrons. The number of anilines is 1. The van der Waals surface area contributed by atoms with Gasteiger partial charge in [-0.25, -0.2) is 9.97 Å². The smallest absolute Gasteiger partial charge is 0.272 e. The Morgan fingerprint density at radius 1 is 1.29 bits per heavy atom. The van der Waals surface area contributed by atoms with E-state index < -0.39 is 6.04 Å². The first-order valence-corrected chi connectivity index (χ1v) is 10.0. The van der Waals surface area contributed by atoms with E-state index in [2.05, 4.69) is 15.3 Å². The number of pyridine rings is 1. The SMILES string of the molecule is CCC(C(=O)Nc1cccc(Cl)c1C)n1cnc2c(sc3ncccc32)c1=O. The van der Waals surface area contributed by atoms with Crippen molar-refractivity contribution in [3.05, 3.63) is 63.8 Å². The largest absolute Gasteiger partial charge is 0.324 e. The topological polar surface area (TPSA) is 76.9 Å². The molecular weight excluding hydrogens is 396 g/mol. The Kier molecular flexibility index (Phi) is 4.87. The number of carbonyl (C=O) groups is 1. The molecule has 1 atom stereocenters. The molecule has 1 aromatic carbocycles. The van der Waals surface area contributed by atoms with Crippen LogP contribution in [0.1, 0.15) is 24.9 Å². The van der Waals surface area contributed by atoms with Crippen molar-refractivity contribution in [1.29, 1.82) is 0 Å². The summed E-state index contributed by atoms with van der Waals surface area (Å²) in [4.78, 5) is 35.5. The molecule has 0 saturated heterocycles. The number of nitrogens with one attached hydrogen (secondary N) is 1. The number of carbonyl (C=O) groups excluding carboxylic acids is 1. The molecule has 1 amide bonds. The summed E-state index contributed by atoms with van der Waals surface area (Å²) in [5, 5.41) is 4.30. The molecule has 1 unspecified atom stereocenters. The van der Waals surface area contributed by atoms with Crippen molar-refractivity contribution in [3.8, 4) is 0 Å². The number of benzene rings is 1. The lowest BCUT2D eigenvalue weighted by Gasteiger charge is -2.18. The lowest BCUT2D eigenvalue weighted by molar-refractivity contribution is -0.119. The van der Waals surface area contributed by atoms with E-state index in [9.17, 15) is 9.59 Å². The number of hydrogen-bond acceptors (Lipinski definition) is 5. The van der Waals surface area contributed by atoms with Gasteiger partial charge in [0, 0.05) is 22.3 Å². The lowest BCUT2D eigenvalue weighted by atomic mass is 10.1. The molecule has 28 heavy (non-hydrogen) atoms. The van der Waals surface area contributed by atoms with Crippen LogP contribution < -0.4 is 10.9 Å². The van der Waals surface area contributed by atoms with Crippen LogP contribution in [0.25, 0.3) is 20.4 Å². The quantitative estimate of drug-likeness (QED) is 0.533. The number of aromatic nitrogens is 3. The maximum atomic E-state index is 13.1. The minimum atomic E-state index is -0.680. The van der Waals surface area contributed by atoms with Crippen LogP contribution in [-0.4, -0.2) is 20.4 Å². The number of amides is 1. The molecule has 6 nitrogen and oxygen atoms in total. The van der Waals surface area contributed by atoms with Crippen LogP contribution in [0.5, 0.6) is 0 Å². The van der Waals surface area contributed by atoms with Crippen molar-refractivity contribution in [2.45, 2.75) is 26.3 Å². The molecule has 3 aromatic heterocycles. The minimum absolute atomic E-state index is 0.238. The third-order valence-electron chi connectivity index (χ3n) is 4.73. The molecule has 3 heterocycles. The van der Waals surface area contributed by atoms with Crippen LogP contribution in [0.15, 0.2) is 47.7 Å². The highest BCUT2D eigenvalue weighted by atomic mass is 35.5. The highest BCUT2D eigenvalue weighted by Gasteiger charge is 2.23. The molecule has 4 rings (SSSR count). The Labute approximate surface area is 169 Å². The Balaban J connectivity index is 1.75. The van der Waals surface area contributed by atoms with E-state index in [1.165, 1.54) is 22.2 Å². The molecular formula is C20H17ClN4O2S. The molecule has 0 fully saturated rings. The van der Waals surface area contributed by atoms with E-state index in [0.29, 0.717) is 27.3 Å². The summed E-state index contributed by atoms with van der Waals surface area (Å²) in [6, 6.07) is 8.35. The number of nitrogens with zero attached hydrogens (tertiary/aromatic N) is 3. The molecule has 0 saturated carbocycles. The van der Waals surface area contributed by atoms with Gasteiger partial charge in [-0.3, -0.25) is 14.2 Å². The zero-order valence-electron chi connectivity index (χ0n) is 15.3. The summed E-state index contributed by atoms with van der Waals surface area (Å²) in [6.45, 7) is 3.70. The predicted octanol–water partition coefficient (Wildman–Crippen LogP) is 4.56. The van der Waals surface area contributed by atoms with Crippen LogP contribution in [0.2, 0.25) is 5.02 Å². The Morgan fingerprint density at radius 2 is 2.11 bits per heavy atom. The average Bonchev–Trinajstić information content (AvgIpc) is 3.07. The number of thiophene rings is 1. The fourth-order valence-electron chi connectivity index (χ4n) is 3.17. The molecule has 0 aliphatic heterocycles. The van der Waals surface area contributed by atoms with Gasteiger partial charge >= 0.3 is 0 Å². The Hall–Kier alpha value is -2.77. The van der Waals surface area contributed by atoms with Crippen molar-refractivity contribution in [2.24, 2.45) is 0 Å². The van der Waals surface area contributed by atoms with Gasteiger partial charge in [-0.05, 0) is 43.2 Å². The summed E-state index contributed by atoms with van der Waals surface area (Å²) in [6.07, 6.45) is 3.58. The predicted molar refractivity (Wildman–Crippen MR) is 113 cm³/mol. The molecule has 0 aliphatic rings. The number of rotatable bonds is 4. The van der Waals surface area contributed by atoms with Crippen molar-refractivity contribution in [2.75, 3.05) is 5.32 Å². The van der Waals surface area contributed by atoms with E-state index in [-0.39, 0.29) is 11.5 Å². The average molecular weight is 413 g/mol. The first-order chi connectivity index (χ1) is 13.5. The van der Waals surface area contributed by atoms with Gasteiger partial charge in [0.2, 0.25) is 5.91 Å². The zero-order chi connectivity index (χ0) is 19.8. The standard InChI is InChI=1S/C20H17ClN4O2S/c1-3-15(18(26)24-14-8-4-7-13(21)11(14)2)25-10-23-16-12-6-5-9-22-19(12)28-17(16)20(25)27/h4-10,15H,3H2,1-2H3,(H,24,26). The molecule has 0 aliphatic carbocycles. The Morgan fingerprint density at radius 3 is 2.89 bits per heavy atom. The van der Waals surface area contributed by atoms with E-state index in [4.69, 9.17) is 11.6 Å². The van der Waals surface area contributed by atoms with Crippen LogP contribution in [0.4, 0.5) is 5.69 Å². The van der Waals surface area contributed by atoms with Gasteiger partial charge in [-0.15, -0.1) is 11.3 Å². The van der Waals surface area contributed by atoms with Crippen LogP contribution >= 0.6 is 22.9 Å². The van der Waals surface area contributed by atoms with Crippen molar-refractivity contribution >= 4 is 55.0 Å². The maximum Gasteiger partial charge on any atom is 0.272 e. The third-order valence-corrected chi connectivity index (χ3v) is 6.23. The highest BCUT2D eigenvalue weighted by Crippen LogP contribution is 2.29. The first-order valence-electron chi connectivity index (χ1n) is 8.81. The van der Waals surface area contributed by atoms with Gasteiger partial charge in [-0.1, -0.05) is 24.6 Å². The summed E-state index contributed by atoms with van der Waals surface area (Å²) in [5.41, 5.74) is 1.79. The zero-order valence-corrected chi connectivity index (χ0v) is 16.8. The second-order valence-electron chi connectivity index (χ2n) is 6.42. The summed E-state index contributed by atoms with van der Waals surface area (Å²) < 4.78 is 1.90. The molecule has 1 N–H and O–H groups in total.